The SMILES string of the molecule is CC1C(C(C)(C)O)CCN1c1cc(Cl)ncn1. The minimum absolute atomic E-state index is 0.247. The fourth-order valence-electron chi connectivity index (χ4n) is 2.69. The van der Waals surface area contributed by atoms with E-state index in [1.54, 1.807) is 6.07 Å². The van der Waals surface area contributed by atoms with Gasteiger partial charge in [-0.3, -0.25) is 0 Å². The highest BCUT2D eigenvalue weighted by Gasteiger charge is 2.40. The van der Waals surface area contributed by atoms with E-state index in [9.17, 15) is 5.11 Å². The zero-order valence-electron chi connectivity index (χ0n) is 10.4. The van der Waals surface area contributed by atoms with Crippen LogP contribution < -0.4 is 4.90 Å². The van der Waals surface area contributed by atoms with Gasteiger partial charge >= 0.3 is 0 Å². The van der Waals surface area contributed by atoms with E-state index in [2.05, 4.69) is 21.8 Å². The molecule has 0 bridgehead atoms. The maximum atomic E-state index is 10.1. The van der Waals surface area contributed by atoms with E-state index in [0.29, 0.717) is 5.15 Å². The van der Waals surface area contributed by atoms with Gasteiger partial charge in [-0.25, -0.2) is 9.97 Å². The Kier molecular flexibility index (Phi) is 3.27. The molecule has 4 nitrogen and oxygen atoms in total. The Hall–Kier alpha value is -0.870. The van der Waals surface area contributed by atoms with Crippen LogP contribution in [0.5, 0.6) is 0 Å². The second-order valence-corrected chi connectivity index (χ2v) is 5.57. The van der Waals surface area contributed by atoms with Gasteiger partial charge in [0, 0.05) is 24.6 Å². The Morgan fingerprint density at radius 1 is 1.47 bits per heavy atom. The Morgan fingerprint density at radius 2 is 2.18 bits per heavy atom. The maximum Gasteiger partial charge on any atom is 0.134 e. The monoisotopic (exact) mass is 255 g/mol. The molecule has 1 aromatic heterocycles. The summed E-state index contributed by atoms with van der Waals surface area (Å²) in [5, 5.41) is 10.6. The van der Waals surface area contributed by atoms with Gasteiger partial charge in [-0.15, -0.1) is 0 Å². The van der Waals surface area contributed by atoms with Gasteiger partial charge in [0.25, 0.3) is 0 Å². The number of aliphatic hydroxyl groups is 1. The van der Waals surface area contributed by atoms with Crippen molar-refractivity contribution in [2.75, 3.05) is 11.4 Å². The number of hydrogen-bond acceptors (Lipinski definition) is 4. The molecule has 2 rings (SSSR count). The van der Waals surface area contributed by atoms with E-state index >= 15 is 0 Å². The third kappa shape index (κ3) is 2.53. The summed E-state index contributed by atoms with van der Waals surface area (Å²) in [5.74, 6) is 1.08. The Labute approximate surface area is 107 Å². The van der Waals surface area contributed by atoms with Gasteiger partial charge in [-0.2, -0.15) is 0 Å². The van der Waals surface area contributed by atoms with Gasteiger partial charge < -0.3 is 10.0 Å². The van der Waals surface area contributed by atoms with Crippen LogP contribution in [0.4, 0.5) is 5.82 Å². The zero-order chi connectivity index (χ0) is 12.6. The van der Waals surface area contributed by atoms with Crippen molar-refractivity contribution in [2.24, 2.45) is 5.92 Å². The third-order valence-corrected chi connectivity index (χ3v) is 3.78. The lowest BCUT2D eigenvalue weighted by Gasteiger charge is -2.32. The van der Waals surface area contributed by atoms with Crippen molar-refractivity contribution in [3.8, 4) is 0 Å². The summed E-state index contributed by atoms with van der Waals surface area (Å²) in [5.41, 5.74) is -0.662. The molecule has 0 saturated carbocycles. The van der Waals surface area contributed by atoms with Crippen LogP contribution in [-0.4, -0.2) is 33.3 Å². The Bertz CT molecular complexity index is 405. The molecular formula is C12H18ClN3O. The van der Waals surface area contributed by atoms with Crippen molar-refractivity contribution >= 4 is 17.4 Å². The third-order valence-electron chi connectivity index (χ3n) is 3.58. The van der Waals surface area contributed by atoms with Crippen molar-refractivity contribution < 1.29 is 5.11 Å². The summed E-state index contributed by atoms with van der Waals surface area (Å²) >= 11 is 5.87. The van der Waals surface area contributed by atoms with E-state index in [1.807, 2.05) is 13.8 Å². The molecule has 2 heterocycles. The van der Waals surface area contributed by atoms with Crippen LogP contribution >= 0.6 is 11.6 Å². The molecule has 0 radical (unpaired) electrons. The number of nitrogens with zero attached hydrogens (tertiary/aromatic N) is 3. The van der Waals surface area contributed by atoms with E-state index in [1.165, 1.54) is 6.33 Å². The molecule has 0 aromatic carbocycles. The molecular weight excluding hydrogens is 238 g/mol. The average molecular weight is 256 g/mol. The Morgan fingerprint density at radius 3 is 2.71 bits per heavy atom. The van der Waals surface area contributed by atoms with Crippen LogP contribution in [0.1, 0.15) is 27.2 Å². The van der Waals surface area contributed by atoms with Crippen LogP contribution in [-0.2, 0) is 0 Å². The first kappa shape index (κ1) is 12.6. The molecule has 1 aliphatic heterocycles. The van der Waals surface area contributed by atoms with Crippen LogP contribution in [0, 0.1) is 5.92 Å². The fourth-order valence-corrected chi connectivity index (χ4v) is 2.83. The van der Waals surface area contributed by atoms with E-state index in [4.69, 9.17) is 11.6 Å². The van der Waals surface area contributed by atoms with Crippen LogP contribution in [0.3, 0.4) is 0 Å². The molecule has 2 unspecified atom stereocenters. The second-order valence-electron chi connectivity index (χ2n) is 5.18. The van der Waals surface area contributed by atoms with Crippen molar-refractivity contribution in [3.05, 3.63) is 17.5 Å². The minimum Gasteiger partial charge on any atom is -0.390 e. The lowest BCUT2D eigenvalue weighted by atomic mass is 9.85. The van der Waals surface area contributed by atoms with Crippen molar-refractivity contribution in [3.63, 3.8) is 0 Å². The summed E-state index contributed by atoms with van der Waals surface area (Å²) in [6.45, 7) is 6.74. The van der Waals surface area contributed by atoms with Gasteiger partial charge in [0.15, 0.2) is 0 Å². The first-order valence-electron chi connectivity index (χ1n) is 5.86. The van der Waals surface area contributed by atoms with Gasteiger partial charge in [-0.1, -0.05) is 11.6 Å². The van der Waals surface area contributed by atoms with Gasteiger partial charge in [0.2, 0.25) is 0 Å². The molecule has 1 fully saturated rings. The van der Waals surface area contributed by atoms with Crippen LogP contribution in [0.25, 0.3) is 0 Å². The van der Waals surface area contributed by atoms with Crippen molar-refractivity contribution in [1.29, 1.82) is 0 Å². The first-order valence-corrected chi connectivity index (χ1v) is 6.24. The number of rotatable bonds is 2. The highest BCUT2D eigenvalue weighted by atomic mass is 35.5. The molecule has 1 aromatic rings. The lowest BCUT2D eigenvalue weighted by Crippen LogP contribution is -2.40. The van der Waals surface area contributed by atoms with E-state index in [-0.39, 0.29) is 12.0 Å². The number of halogens is 1. The maximum absolute atomic E-state index is 10.1. The molecule has 5 heteroatoms. The number of hydrogen-bond donors (Lipinski definition) is 1. The lowest BCUT2D eigenvalue weighted by molar-refractivity contribution is 0.0156. The predicted molar refractivity (Wildman–Crippen MR) is 68.3 cm³/mol. The summed E-state index contributed by atoms with van der Waals surface area (Å²) in [7, 11) is 0. The highest BCUT2D eigenvalue weighted by molar-refractivity contribution is 6.29. The van der Waals surface area contributed by atoms with Crippen LogP contribution in [0.2, 0.25) is 5.15 Å². The quantitative estimate of drug-likeness (QED) is 0.823. The van der Waals surface area contributed by atoms with Crippen molar-refractivity contribution in [1.82, 2.24) is 9.97 Å². The zero-order valence-corrected chi connectivity index (χ0v) is 11.1. The van der Waals surface area contributed by atoms with E-state index in [0.717, 1.165) is 18.8 Å². The number of aromatic nitrogens is 2. The molecule has 17 heavy (non-hydrogen) atoms. The molecule has 0 spiro atoms. The van der Waals surface area contributed by atoms with Crippen molar-refractivity contribution in [2.45, 2.75) is 38.8 Å². The van der Waals surface area contributed by atoms with Gasteiger partial charge in [0.05, 0.1) is 5.60 Å². The average Bonchev–Trinajstić information content (AvgIpc) is 2.59. The predicted octanol–water partition coefficient (Wildman–Crippen LogP) is 2.12. The molecule has 2 atom stereocenters. The fraction of sp³-hybridized carbons (Fsp3) is 0.667. The second kappa shape index (κ2) is 4.42. The molecule has 1 saturated heterocycles. The number of anilines is 1. The van der Waals surface area contributed by atoms with Crippen LogP contribution in [0.15, 0.2) is 12.4 Å². The van der Waals surface area contributed by atoms with E-state index < -0.39 is 5.60 Å². The molecule has 0 aliphatic carbocycles. The van der Waals surface area contributed by atoms with Gasteiger partial charge in [0.1, 0.15) is 17.3 Å². The highest BCUT2D eigenvalue weighted by Crippen LogP contribution is 2.35. The molecule has 1 aliphatic rings. The summed E-state index contributed by atoms with van der Waals surface area (Å²) in [6, 6.07) is 2.02. The largest absolute Gasteiger partial charge is 0.390 e. The summed E-state index contributed by atoms with van der Waals surface area (Å²) in [6.07, 6.45) is 2.44. The summed E-state index contributed by atoms with van der Waals surface area (Å²) < 4.78 is 0. The standard InChI is InChI=1S/C12H18ClN3O/c1-8-9(12(2,3)17)4-5-16(8)11-6-10(13)14-7-15-11/h6-9,17H,4-5H2,1-3H3. The topological polar surface area (TPSA) is 49.2 Å². The van der Waals surface area contributed by atoms with Gasteiger partial charge in [-0.05, 0) is 27.2 Å². The normalized spacial score (nSPS) is 25.4. The molecule has 94 valence electrons. The Balaban J connectivity index is 2.20. The minimum atomic E-state index is -0.662. The molecule has 0 amide bonds. The summed E-state index contributed by atoms with van der Waals surface area (Å²) in [4.78, 5) is 10.3. The smallest absolute Gasteiger partial charge is 0.134 e. The first-order chi connectivity index (χ1) is 7.89. The molecule has 1 N–H and O–H groups in total.